The summed E-state index contributed by atoms with van der Waals surface area (Å²) in [4.78, 5) is 10.4. The Hall–Kier alpha value is -0.580. The van der Waals surface area contributed by atoms with Gasteiger partial charge in [0.25, 0.3) is 0 Å². The molecule has 0 rings (SSSR count). The van der Waals surface area contributed by atoms with Crippen molar-refractivity contribution >= 4 is 15.8 Å². The van der Waals surface area contributed by atoms with Gasteiger partial charge < -0.3 is 5.11 Å². The van der Waals surface area contributed by atoms with Gasteiger partial charge in [0.1, 0.15) is 9.84 Å². The maximum atomic E-state index is 10.7. The average Bonchev–Trinajstić information content (AvgIpc) is 1.56. The van der Waals surface area contributed by atoms with Crippen molar-refractivity contribution in [2.75, 3.05) is 12.0 Å². The minimum Gasteiger partial charge on any atom is -0.481 e. The summed E-state index contributed by atoms with van der Waals surface area (Å²) in [7, 11) is -3.21. The van der Waals surface area contributed by atoms with E-state index >= 15 is 0 Å². The van der Waals surface area contributed by atoms with E-state index in [0.717, 1.165) is 6.26 Å². The number of aliphatic carboxylic acids is 1. The minimum atomic E-state index is -3.21. The second-order valence-corrected chi connectivity index (χ2v) is 5.40. The first kappa shape index (κ1) is 10.4. The number of rotatable bonds is 3. The molecule has 0 saturated heterocycles. The van der Waals surface area contributed by atoms with Gasteiger partial charge in [-0.2, -0.15) is 0 Å². The van der Waals surface area contributed by atoms with Gasteiger partial charge in [-0.25, -0.2) is 8.42 Å². The van der Waals surface area contributed by atoms with Crippen LogP contribution in [0.4, 0.5) is 0 Å². The van der Waals surface area contributed by atoms with Crippen molar-refractivity contribution in [3.63, 3.8) is 0 Å². The van der Waals surface area contributed by atoms with E-state index < -0.39 is 21.2 Å². The van der Waals surface area contributed by atoms with Gasteiger partial charge in [-0.15, -0.1) is 0 Å². The van der Waals surface area contributed by atoms with Crippen LogP contribution in [0.5, 0.6) is 0 Å². The van der Waals surface area contributed by atoms with Crippen LogP contribution >= 0.6 is 0 Å². The molecule has 0 saturated carbocycles. The standard InChI is InChI=1S/C6H12O4S/c1-6(2,5(7)8)4-11(3,9)10/h4H2,1-3H3,(H,7,8). The Morgan fingerprint density at radius 2 is 1.82 bits per heavy atom. The van der Waals surface area contributed by atoms with Crippen LogP contribution in [-0.4, -0.2) is 31.5 Å². The average molecular weight is 180 g/mol. The van der Waals surface area contributed by atoms with E-state index in [4.69, 9.17) is 5.11 Å². The van der Waals surface area contributed by atoms with Gasteiger partial charge in [0.05, 0.1) is 11.2 Å². The molecule has 1 N–H and O–H groups in total. The quantitative estimate of drug-likeness (QED) is 0.670. The lowest BCUT2D eigenvalue weighted by Crippen LogP contribution is -2.31. The Labute approximate surface area is 66.1 Å². The van der Waals surface area contributed by atoms with E-state index in [1.54, 1.807) is 0 Å². The summed E-state index contributed by atoms with van der Waals surface area (Å²) in [5.41, 5.74) is -1.19. The highest BCUT2D eigenvalue weighted by molar-refractivity contribution is 7.90. The molecule has 0 aromatic rings. The highest BCUT2D eigenvalue weighted by Gasteiger charge is 2.31. The van der Waals surface area contributed by atoms with Crippen LogP contribution in [0.3, 0.4) is 0 Å². The molecular formula is C6H12O4S. The molecule has 0 bridgehead atoms. The first-order valence-electron chi connectivity index (χ1n) is 3.06. The normalized spacial score (nSPS) is 13.0. The molecule has 0 atom stereocenters. The molecule has 5 heteroatoms. The number of carboxylic acids is 1. The van der Waals surface area contributed by atoms with Crippen LogP contribution in [0.25, 0.3) is 0 Å². The third kappa shape index (κ3) is 3.98. The summed E-state index contributed by atoms with van der Waals surface area (Å²) in [5.74, 6) is -1.42. The predicted molar refractivity (Wildman–Crippen MR) is 41.1 cm³/mol. The molecule has 0 aromatic heterocycles. The van der Waals surface area contributed by atoms with Gasteiger partial charge >= 0.3 is 5.97 Å². The first-order valence-corrected chi connectivity index (χ1v) is 5.12. The highest BCUT2D eigenvalue weighted by atomic mass is 32.2. The van der Waals surface area contributed by atoms with Gasteiger partial charge in [-0.05, 0) is 13.8 Å². The Kier molecular flexibility index (Phi) is 2.66. The maximum absolute atomic E-state index is 10.7. The van der Waals surface area contributed by atoms with Crippen molar-refractivity contribution in [1.29, 1.82) is 0 Å². The maximum Gasteiger partial charge on any atom is 0.310 e. The van der Waals surface area contributed by atoms with Crippen LogP contribution in [-0.2, 0) is 14.6 Å². The van der Waals surface area contributed by atoms with E-state index in [2.05, 4.69) is 0 Å². The summed E-state index contributed by atoms with van der Waals surface area (Å²) in [5, 5.41) is 8.54. The van der Waals surface area contributed by atoms with Gasteiger partial charge in [-0.1, -0.05) is 0 Å². The van der Waals surface area contributed by atoms with Gasteiger partial charge in [-0.3, -0.25) is 4.79 Å². The number of hydrogen-bond acceptors (Lipinski definition) is 3. The van der Waals surface area contributed by atoms with Gasteiger partial charge in [0.15, 0.2) is 0 Å². The fourth-order valence-electron chi connectivity index (χ4n) is 0.717. The number of carboxylic acid groups (broad SMARTS) is 1. The third-order valence-corrected chi connectivity index (χ3v) is 2.45. The van der Waals surface area contributed by atoms with E-state index in [0.29, 0.717) is 0 Å². The summed E-state index contributed by atoms with van der Waals surface area (Å²) in [6, 6.07) is 0. The fourth-order valence-corrected chi connectivity index (χ4v) is 2.15. The topological polar surface area (TPSA) is 71.4 Å². The molecule has 0 radical (unpaired) electrons. The predicted octanol–water partition coefficient (Wildman–Crippen LogP) is 0.142. The number of carbonyl (C=O) groups is 1. The minimum absolute atomic E-state index is 0.324. The van der Waals surface area contributed by atoms with Crippen molar-refractivity contribution in [3.05, 3.63) is 0 Å². The molecule has 0 spiro atoms. The molecule has 0 heterocycles. The molecule has 0 amide bonds. The second-order valence-electron chi connectivity index (χ2n) is 3.26. The lowest BCUT2D eigenvalue weighted by molar-refractivity contribution is -0.145. The van der Waals surface area contributed by atoms with E-state index in [9.17, 15) is 13.2 Å². The van der Waals surface area contributed by atoms with Crippen LogP contribution < -0.4 is 0 Å². The van der Waals surface area contributed by atoms with Crippen molar-refractivity contribution in [2.24, 2.45) is 5.41 Å². The zero-order valence-corrected chi connectivity index (χ0v) is 7.60. The Bertz CT molecular complexity index is 250. The van der Waals surface area contributed by atoms with Crippen LogP contribution in [0.1, 0.15) is 13.8 Å². The largest absolute Gasteiger partial charge is 0.481 e. The summed E-state index contributed by atoms with van der Waals surface area (Å²) >= 11 is 0. The molecule has 0 unspecified atom stereocenters. The van der Waals surface area contributed by atoms with E-state index in [1.165, 1.54) is 13.8 Å². The lowest BCUT2D eigenvalue weighted by atomic mass is 9.97. The summed E-state index contributed by atoms with van der Waals surface area (Å²) in [6.45, 7) is 2.77. The lowest BCUT2D eigenvalue weighted by Gasteiger charge is -2.16. The molecular weight excluding hydrogens is 168 g/mol. The van der Waals surface area contributed by atoms with Gasteiger partial charge in [0.2, 0.25) is 0 Å². The Morgan fingerprint density at radius 3 is 1.91 bits per heavy atom. The fraction of sp³-hybridized carbons (Fsp3) is 0.833. The number of hydrogen-bond donors (Lipinski definition) is 1. The monoisotopic (exact) mass is 180 g/mol. The van der Waals surface area contributed by atoms with Gasteiger partial charge in [0, 0.05) is 6.26 Å². The summed E-state index contributed by atoms with van der Waals surface area (Å²) in [6.07, 6.45) is 1.03. The van der Waals surface area contributed by atoms with Crippen molar-refractivity contribution in [3.8, 4) is 0 Å². The first-order chi connectivity index (χ1) is 4.65. The Balaban J connectivity index is 4.51. The zero-order valence-electron chi connectivity index (χ0n) is 6.79. The summed E-state index contributed by atoms with van der Waals surface area (Å²) < 4.78 is 21.4. The zero-order chi connectivity index (χ0) is 9.28. The molecule has 0 aliphatic carbocycles. The Morgan fingerprint density at radius 1 is 1.45 bits per heavy atom. The van der Waals surface area contributed by atoms with Crippen molar-refractivity contribution in [2.45, 2.75) is 13.8 Å². The molecule has 11 heavy (non-hydrogen) atoms. The van der Waals surface area contributed by atoms with Crippen molar-refractivity contribution in [1.82, 2.24) is 0 Å². The smallest absolute Gasteiger partial charge is 0.310 e. The molecule has 4 nitrogen and oxygen atoms in total. The van der Waals surface area contributed by atoms with E-state index in [-0.39, 0.29) is 5.75 Å². The molecule has 0 fully saturated rings. The molecule has 0 aliphatic heterocycles. The van der Waals surface area contributed by atoms with E-state index in [1.807, 2.05) is 0 Å². The second kappa shape index (κ2) is 2.81. The van der Waals surface area contributed by atoms with Crippen LogP contribution in [0.2, 0.25) is 0 Å². The molecule has 0 aromatic carbocycles. The van der Waals surface area contributed by atoms with Crippen molar-refractivity contribution < 1.29 is 18.3 Å². The number of sulfone groups is 1. The van der Waals surface area contributed by atoms with Crippen LogP contribution in [0.15, 0.2) is 0 Å². The highest BCUT2D eigenvalue weighted by Crippen LogP contribution is 2.17. The molecule has 0 aliphatic rings. The van der Waals surface area contributed by atoms with Crippen LogP contribution in [0, 0.1) is 5.41 Å². The molecule has 66 valence electrons. The third-order valence-electron chi connectivity index (χ3n) is 1.20. The SMILES string of the molecule is CC(C)(CS(C)(=O)=O)C(=O)O.